The molecule has 0 fully saturated rings. The van der Waals surface area contributed by atoms with E-state index in [2.05, 4.69) is 10.1 Å². The second-order valence-electron chi connectivity index (χ2n) is 6.24. The lowest BCUT2D eigenvalue weighted by Crippen LogP contribution is -2.87. The fourth-order valence-corrected chi connectivity index (χ4v) is 3.41. The van der Waals surface area contributed by atoms with E-state index >= 15 is 0 Å². The first-order valence-corrected chi connectivity index (χ1v) is 9.02. The van der Waals surface area contributed by atoms with Crippen molar-refractivity contribution in [3.63, 3.8) is 0 Å². The lowest BCUT2D eigenvalue weighted by molar-refractivity contribution is -0.690. The zero-order valence-electron chi connectivity index (χ0n) is 15.3. The SMILES string of the molecule is CCOc1cc2c(cc1OCC)[C@@H](c1cccc(OC(F)(F)F)c1)[NH2+]CC2. The minimum absolute atomic E-state index is 0.125. The number of fused-ring (bicyclic) bond motifs is 1. The van der Waals surface area contributed by atoms with Crippen LogP contribution in [0.5, 0.6) is 17.2 Å². The molecular formula is C20H23F3NO3+. The van der Waals surface area contributed by atoms with Gasteiger partial charge < -0.3 is 19.5 Å². The molecule has 4 nitrogen and oxygen atoms in total. The van der Waals surface area contributed by atoms with E-state index in [1.807, 2.05) is 32.0 Å². The van der Waals surface area contributed by atoms with Gasteiger partial charge in [-0.25, -0.2) is 0 Å². The number of nitrogens with two attached hydrogens (primary N) is 1. The molecule has 0 saturated heterocycles. The standard InChI is InChI=1S/C20H22F3NO3/c1-3-25-17-11-13-8-9-24-19(16(13)12-18(17)26-4-2)14-6-5-7-15(10-14)27-20(21,22)23/h5-7,10-12,19,24H,3-4,8-9H2,1-2H3/p+1/t19-/m1/s1. The van der Waals surface area contributed by atoms with Crippen molar-refractivity contribution in [1.29, 1.82) is 0 Å². The Labute approximate surface area is 156 Å². The topological polar surface area (TPSA) is 44.3 Å². The molecule has 146 valence electrons. The fraction of sp³-hybridized carbons (Fsp3) is 0.400. The van der Waals surface area contributed by atoms with Crippen LogP contribution in [0.15, 0.2) is 36.4 Å². The molecule has 1 aliphatic rings. The van der Waals surface area contributed by atoms with E-state index in [0.717, 1.165) is 29.7 Å². The van der Waals surface area contributed by atoms with Crippen molar-refractivity contribution >= 4 is 0 Å². The number of benzene rings is 2. The summed E-state index contributed by atoms with van der Waals surface area (Å²) >= 11 is 0. The number of alkyl halides is 3. The molecule has 27 heavy (non-hydrogen) atoms. The smallest absolute Gasteiger partial charge is 0.490 e. The van der Waals surface area contributed by atoms with E-state index in [1.54, 1.807) is 6.07 Å². The predicted octanol–water partition coefficient (Wildman–Crippen LogP) is 3.59. The van der Waals surface area contributed by atoms with Gasteiger partial charge in [0.15, 0.2) is 11.5 Å². The molecule has 0 unspecified atom stereocenters. The van der Waals surface area contributed by atoms with Gasteiger partial charge in [0.1, 0.15) is 11.8 Å². The van der Waals surface area contributed by atoms with Crippen LogP contribution in [0, 0.1) is 0 Å². The molecule has 1 atom stereocenters. The van der Waals surface area contributed by atoms with Crippen LogP contribution < -0.4 is 19.5 Å². The third-order valence-electron chi connectivity index (χ3n) is 4.41. The van der Waals surface area contributed by atoms with Crippen molar-refractivity contribution < 1.29 is 32.7 Å². The van der Waals surface area contributed by atoms with Crippen molar-refractivity contribution in [2.75, 3.05) is 19.8 Å². The minimum Gasteiger partial charge on any atom is -0.490 e. The van der Waals surface area contributed by atoms with E-state index < -0.39 is 6.36 Å². The number of halogens is 3. The van der Waals surface area contributed by atoms with Crippen molar-refractivity contribution in [2.24, 2.45) is 0 Å². The molecule has 3 rings (SSSR count). The summed E-state index contributed by atoms with van der Waals surface area (Å²) in [7, 11) is 0. The highest BCUT2D eigenvalue weighted by Crippen LogP contribution is 2.36. The Morgan fingerprint density at radius 2 is 1.74 bits per heavy atom. The average Bonchev–Trinajstić information content (AvgIpc) is 2.61. The van der Waals surface area contributed by atoms with Gasteiger partial charge in [0.05, 0.1) is 19.8 Å². The van der Waals surface area contributed by atoms with Gasteiger partial charge in [0.2, 0.25) is 0 Å². The zero-order valence-corrected chi connectivity index (χ0v) is 15.3. The maximum absolute atomic E-state index is 12.5. The first kappa shape index (κ1) is 19.4. The average molecular weight is 382 g/mol. The lowest BCUT2D eigenvalue weighted by atomic mass is 9.89. The molecule has 0 saturated carbocycles. The summed E-state index contributed by atoms with van der Waals surface area (Å²) in [4.78, 5) is 0. The molecule has 0 bridgehead atoms. The van der Waals surface area contributed by atoms with Gasteiger partial charge in [-0.2, -0.15) is 0 Å². The summed E-state index contributed by atoms with van der Waals surface area (Å²) in [6, 6.07) is 9.96. The Balaban J connectivity index is 1.98. The van der Waals surface area contributed by atoms with Crippen LogP contribution in [0.1, 0.15) is 36.6 Å². The maximum atomic E-state index is 12.5. The highest BCUT2D eigenvalue weighted by molar-refractivity contribution is 5.51. The Hall–Kier alpha value is -2.41. The molecule has 7 heteroatoms. The van der Waals surface area contributed by atoms with Gasteiger partial charge in [-0.1, -0.05) is 12.1 Å². The lowest BCUT2D eigenvalue weighted by Gasteiger charge is -2.26. The number of quaternary nitrogens is 1. The van der Waals surface area contributed by atoms with E-state index in [9.17, 15) is 13.2 Å². The Morgan fingerprint density at radius 1 is 1.04 bits per heavy atom. The van der Waals surface area contributed by atoms with Crippen LogP contribution in [0.25, 0.3) is 0 Å². The van der Waals surface area contributed by atoms with Crippen molar-refractivity contribution in [2.45, 2.75) is 32.7 Å². The molecule has 0 aromatic heterocycles. The number of ether oxygens (including phenoxy) is 3. The summed E-state index contributed by atoms with van der Waals surface area (Å²) in [5, 5.41) is 2.12. The summed E-state index contributed by atoms with van der Waals surface area (Å²) in [5.74, 6) is 1.14. The van der Waals surface area contributed by atoms with Gasteiger partial charge in [-0.15, -0.1) is 13.2 Å². The highest BCUT2D eigenvalue weighted by Gasteiger charge is 2.32. The highest BCUT2D eigenvalue weighted by atomic mass is 19.4. The van der Waals surface area contributed by atoms with Gasteiger partial charge in [0, 0.05) is 17.5 Å². The molecule has 0 amide bonds. The second kappa shape index (κ2) is 8.08. The quantitative estimate of drug-likeness (QED) is 0.831. The second-order valence-corrected chi connectivity index (χ2v) is 6.24. The summed E-state index contributed by atoms with van der Waals surface area (Å²) in [6.07, 6.45) is -3.85. The Kier molecular flexibility index (Phi) is 5.79. The minimum atomic E-state index is -4.71. The Morgan fingerprint density at radius 3 is 2.41 bits per heavy atom. The third kappa shape index (κ3) is 4.66. The summed E-state index contributed by atoms with van der Waals surface area (Å²) < 4.78 is 53.1. The monoisotopic (exact) mass is 382 g/mol. The van der Waals surface area contributed by atoms with Crippen LogP contribution in [-0.4, -0.2) is 26.1 Å². The summed E-state index contributed by atoms with van der Waals surface area (Å²) in [5.41, 5.74) is 2.90. The van der Waals surface area contributed by atoms with Gasteiger partial charge >= 0.3 is 6.36 Å². The Bertz CT molecular complexity index is 793. The molecule has 2 aromatic rings. The zero-order chi connectivity index (χ0) is 19.4. The van der Waals surface area contributed by atoms with Crippen LogP contribution in [-0.2, 0) is 6.42 Å². The molecule has 0 aliphatic carbocycles. The largest absolute Gasteiger partial charge is 0.573 e. The molecule has 2 aromatic carbocycles. The molecule has 0 spiro atoms. The molecule has 2 N–H and O–H groups in total. The first-order chi connectivity index (χ1) is 12.9. The summed E-state index contributed by atoms with van der Waals surface area (Å²) in [6.45, 7) is 5.68. The third-order valence-corrected chi connectivity index (χ3v) is 4.41. The molecule has 1 heterocycles. The first-order valence-electron chi connectivity index (χ1n) is 9.02. The van der Waals surface area contributed by atoms with Crippen molar-refractivity contribution in [1.82, 2.24) is 0 Å². The predicted molar refractivity (Wildman–Crippen MR) is 94.2 cm³/mol. The number of hydrogen-bond donors (Lipinski definition) is 1. The fourth-order valence-electron chi connectivity index (χ4n) is 3.41. The van der Waals surface area contributed by atoms with Crippen LogP contribution in [0.3, 0.4) is 0 Å². The van der Waals surface area contributed by atoms with E-state index in [4.69, 9.17) is 9.47 Å². The normalized spacial score (nSPS) is 16.6. The number of rotatable bonds is 6. The van der Waals surface area contributed by atoms with Crippen molar-refractivity contribution in [3.05, 3.63) is 53.1 Å². The van der Waals surface area contributed by atoms with E-state index in [-0.39, 0.29) is 11.8 Å². The van der Waals surface area contributed by atoms with Crippen LogP contribution in [0.2, 0.25) is 0 Å². The van der Waals surface area contributed by atoms with Gasteiger partial charge in [-0.05, 0) is 43.7 Å². The molecule has 0 radical (unpaired) electrons. The number of hydrogen-bond acceptors (Lipinski definition) is 3. The van der Waals surface area contributed by atoms with E-state index in [1.165, 1.54) is 12.1 Å². The maximum Gasteiger partial charge on any atom is 0.573 e. The van der Waals surface area contributed by atoms with Crippen LogP contribution >= 0.6 is 0 Å². The van der Waals surface area contributed by atoms with Gasteiger partial charge in [-0.3, -0.25) is 0 Å². The van der Waals surface area contributed by atoms with Crippen LogP contribution in [0.4, 0.5) is 13.2 Å². The van der Waals surface area contributed by atoms with Crippen molar-refractivity contribution in [3.8, 4) is 17.2 Å². The molecular weight excluding hydrogens is 359 g/mol. The van der Waals surface area contributed by atoms with E-state index in [0.29, 0.717) is 24.7 Å². The van der Waals surface area contributed by atoms with Gasteiger partial charge in [0.25, 0.3) is 0 Å². The molecule has 1 aliphatic heterocycles.